The van der Waals surface area contributed by atoms with Crippen LogP contribution >= 0.6 is 0 Å². The summed E-state index contributed by atoms with van der Waals surface area (Å²) < 4.78 is 6.56. The van der Waals surface area contributed by atoms with Crippen LogP contribution in [-0.4, -0.2) is 23.4 Å². The van der Waals surface area contributed by atoms with Crippen molar-refractivity contribution in [2.75, 3.05) is 0 Å². The number of aliphatic hydroxyl groups excluding tert-OH is 1. The number of hydrogen-bond donors (Lipinski definition) is 1. The van der Waals surface area contributed by atoms with Gasteiger partial charge < -0.3 is 9.84 Å². The van der Waals surface area contributed by atoms with E-state index >= 15 is 0 Å². The molecule has 0 radical (unpaired) electrons. The van der Waals surface area contributed by atoms with Crippen LogP contribution in [0.1, 0.15) is 79.1 Å². The standard InChI is InChI=1S/C19H34O2/c1-5-6-13-7-8-15(20)16(11-13)21-17-12-14-9-10-19(17,4)18(14,2)3/h13-17,20H,5-12H2,1-4H3. The number of fused-ring (bicyclic) bond motifs is 2. The molecule has 3 rings (SSSR count). The minimum atomic E-state index is -0.232. The second-order valence-corrected chi connectivity index (χ2v) is 8.81. The summed E-state index contributed by atoms with van der Waals surface area (Å²) in [6.45, 7) is 9.57. The highest BCUT2D eigenvalue weighted by atomic mass is 16.5. The van der Waals surface area contributed by atoms with Gasteiger partial charge in [0.1, 0.15) is 0 Å². The molecule has 122 valence electrons. The maximum atomic E-state index is 10.4. The van der Waals surface area contributed by atoms with Crippen LogP contribution in [0.4, 0.5) is 0 Å². The van der Waals surface area contributed by atoms with Crippen molar-refractivity contribution in [3.05, 3.63) is 0 Å². The first-order chi connectivity index (χ1) is 9.88. The molecule has 3 saturated carbocycles. The maximum absolute atomic E-state index is 10.4. The topological polar surface area (TPSA) is 29.5 Å². The van der Waals surface area contributed by atoms with E-state index in [1.54, 1.807) is 0 Å². The van der Waals surface area contributed by atoms with Gasteiger partial charge in [-0.05, 0) is 61.2 Å². The van der Waals surface area contributed by atoms with Crippen LogP contribution in [0, 0.1) is 22.7 Å². The lowest BCUT2D eigenvalue weighted by Crippen LogP contribution is -2.44. The molecular formula is C19H34O2. The largest absolute Gasteiger partial charge is 0.390 e. The van der Waals surface area contributed by atoms with Gasteiger partial charge in [0.05, 0.1) is 18.3 Å². The van der Waals surface area contributed by atoms with E-state index in [1.807, 2.05) is 0 Å². The summed E-state index contributed by atoms with van der Waals surface area (Å²) in [7, 11) is 0. The van der Waals surface area contributed by atoms with E-state index in [9.17, 15) is 5.11 Å². The summed E-state index contributed by atoms with van der Waals surface area (Å²) in [6, 6.07) is 0. The van der Waals surface area contributed by atoms with E-state index < -0.39 is 0 Å². The van der Waals surface area contributed by atoms with Crippen LogP contribution < -0.4 is 0 Å². The average Bonchev–Trinajstić information content (AvgIpc) is 2.76. The molecule has 0 amide bonds. The molecule has 0 aromatic heterocycles. The number of hydrogen-bond acceptors (Lipinski definition) is 2. The summed E-state index contributed by atoms with van der Waals surface area (Å²) in [5.41, 5.74) is 0.717. The molecule has 0 aromatic rings. The molecule has 0 heterocycles. The molecule has 1 N–H and O–H groups in total. The summed E-state index contributed by atoms with van der Waals surface area (Å²) in [5, 5.41) is 10.4. The Hall–Kier alpha value is -0.0800. The van der Waals surface area contributed by atoms with Gasteiger partial charge in [-0.1, -0.05) is 40.5 Å². The fourth-order valence-corrected chi connectivity index (χ4v) is 5.56. The SMILES string of the molecule is CCCC1CCC(O)C(OC2CC3CCC2(C)C3(C)C)C1. The lowest BCUT2D eigenvalue weighted by molar-refractivity contribution is -0.143. The maximum Gasteiger partial charge on any atom is 0.0840 e. The fraction of sp³-hybridized carbons (Fsp3) is 1.00. The van der Waals surface area contributed by atoms with Gasteiger partial charge in [0.2, 0.25) is 0 Å². The molecule has 0 aliphatic heterocycles. The monoisotopic (exact) mass is 294 g/mol. The van der Waals surface area contributed by atoms with Crippen LogP contribution in [-0.2, 0) is 4.74 Å². The normalized spacial score (nSPS) is 48.7. The molecule has 0 aromatic carbocycles. The lowest BCUT2D eigenvalue weighted by Gasteiger charge is -2.42. The number of rotatable bonds is 4. The summed E-state index contributed by atoms with van der Waals surface area (Å²) in [4.78, 5) is 0. The zero-order valence-electron chi connectivity index (χ0n) is 14.4. The first kappa shape index (κ1) is 15.8. The van der Waals surface area contributed by atoms with Crippen molar-refractivity contribution in [1.29, 1.82) is 0 Å². The first-order valence-corrected chi connectivity index (χ1v) is 9.22. The van der Waals surface area contributed by atoms with E-state index in [0.29, 0.717) is 16.9 Å². The minimum absolute atomic E-state index is 0.0901. The summed E-state index contributed by atoms with van der Waals surface area (Å²) >= 11 is 0. The molecule has 2 heteroatoms. The molecule has 2 bridgehead atoms. The molecule has 2 nitrogen and oxygen atoms in total. The highest BCUT2D eigenvalue weighted by Crippen LogP contribution is 2.66. The van der Waals surface area contributed by atoms with Crippen molar-refractivity contribution in [2.45, 2.75) is 97.4 Å². The van der Waals surface area contributed by atoms with Crippen LogP contribution in [0.25, 0.3) is 0 Å². The van der Waals surface area contributed by atoms with Gasteiger partial charge in [-0.3, -0.25) is 0 Å². The Balaban J connectivity index is 1.66. The quantitative estimate of drug-likeness (QED) is 0.824. The predicted octanol–water partition coefficient (Wildman–Crippen LogP) is 4.55. The molecule has 6 atom stereocenters. The Morgan fingerprint density at radius 3 is 2.43 bits per heavy atom. The Morgan fingerprint density at radius 2 is 1.86 bits per heavy atom. The zero-order valence-corrected chi connectivity index (χ0v) is 14.4. The van der Waals surface area contributed by atoms with E-state index in [2.05, 4.69) is 27.7 Å². The van der Waals surface area contributed by atoms with Crippen molar-refractivity contribution in [3.8, 4) is 0 Å². The lowest BCUT2D eigenvalue weighted by atomic mass is 9.70. The van der Waals surface area contributed by atoms with Gasteiger partial charge in [0.15, 0.2) is 0 Å². The van der Waals surface area contributed by atoms with Crippen molar-refractivity contribution in [2.24, 2.45) is 22.7 Å². The molecule has 0 saturated heterocycles. The Kier molecular flexibility index (Phi) is 4.16. The third-order valence-electron chi connectivity index (χ3n) is 7.62. The van der Waals surface area contributed by atoms with E-state index in [-0.39, 0.29) is 12.2 Å². The Morgan fingerprint density at radius 1 is 1.10 bits per heavy atom. The van der Waals surface area contributed by atoms with Crippen LogP contribution in [0.5, 0.6) is 0 Å². The summed E-state index contributed by atoms with van der Waals surface area (Å²) in [5.74, 6) is 1.59. The number of ether oxygens (including phenoxy) is 1. The smallest absolute Gasteiger partial charge is 0.0840 e. The van der Waals surface area contributed by atoms with Crippen molar-refractivity contribution in [3.63, 3.8) is 0 Å². The van der Waals surface area contributed by atoms with Gasteiger partial charge in [0.25, 0.3) is 0 Å². The van der Waals surface area contributed by atoms with E-state index in [4.69, 9.17) is 4.74 Å². The van der Waals surface area contributed by atoms with Crippen molar-refractivity contribution >= 4 is 0 Å². The van der Waals surface area contributed by atoms with Crippen LogP contribution in [0.15, 0.2) is 0 Å². The second-order valence-electron chi connectivity index (χ2n) is 8.81. The van der Waals surface area contributed by atoms with Crippen LogP contribution in [0.3, 0.4) is 0 Å². The third-order valence-corrected chi connectivity index (χ3v) is 7.62. The van der Waals surface area contributed by atoms with Crippen molar-refractivity contribution < 1.29 is 9.84 Å². The zero-order chi connectivity index (χ0) is 15.3. The second kappa shape index (κ2) is 5.53. The van der Waals surface area contributed by atoms with Gasteiger partial charge in [0, 0.05) is 0 Å². The molecule has 0 spiro atoms. The van der Waals surface area contributed by atoms with Gasteiger partial charge in [-0.25, -0.2) is 0 Å². The van der Waals surface area contributed by atoms with E-state index in [0.717, 1.165) is 24.7 Å². The highest BCUT2D eigenvalue weighted by Gasteiger charge is 2.62. The molecule has 3 fully saturated rings. The van der Waals surface area contributed by atoms with Gasteiger partial charge in [-0.15, -0.1) is 0 Å². The van der Waals surface area contributed by atoms with Gasteiger partial charge in [-0.2, -0.15) is 0 Å². The minimum Gasteiger partial charge on any atom is -0.390 e. The molecular weight excluding hydrogens is 260 g/mol. The molecule has 21 heavy (non-hydrogen) atoms. The fourth-order valence-electron chi connectivity index (χ4n) is 5.56. The molecule has 3 aliphatic rings. The Labute approximate surface area is 130 Å². The van der Waals surface area contributed by atoms with Crippen molar-refractivity contribution in [1.82, 2.24) is 0 Å². The third kappa shape index (κ3) is 2.47. The average molecular weight is 294 g/mol. The first-order valence-electron chi connectivity index (χ1n) is 9.22. The number of aliphatic hydroxyl groups is 1. The predicted molar refractivity (Wildman–Crippen MR) is 86.1 cm³/mol. The van der Waals surface area contributed by atoms with Gasteiger partial charge >= 0.3 is 0 Å². The highest BCUT2D eigenvalue weighted by molar-refractivity contribution is 5.11. The van der Waals surface area contributed by atoms with Crippen LogP contribution in [0.2, 0.25) is 0 Å². The Bertz CT molecular complexity index is 378. The summed E-state index contributed by atoms with van der Waals surface area (Å²) in [6.07, 6.45) is 9.86. The molecule has 6 unspecified atom stereocenters. The molecule has 3 aliphatic carbocycles. The van der Waals surface area contributed by atoms with E-state index in [1.165, 1.54) is 38.5 Å².